The van der Waals surface area contributed by atoms with Gasteiger partial charge in [0.25, 0.3) is 5.91 Å². The highest BCUT2D eigenvalue weighted by Crippen LogP contribution is 2.25. The highest BCUT2D eigenvalue weighted by Gasteiger charge is 2.29. The average Bonchev–Trinajstić information content (AvgIpc) is 2.89. The number of carbonyl (C=O) groups excluding carboxylic acids is 1. The van der Waals surface area contributed by atoms with E-state index in [4.69, 9.17) is 5.11 Å². The Morgan fingerprint density at radius 2 is 2.08 bits per heavy atom. The molecule has 0 unspecified atom stereocenters. The van der Waals surface area contributed by atoms with Gasteiger partial charge in [0.15, 0.2) is 5.65 Å². The molecule has 134 valence electrons. The van der Waals surface area contributed by atoms with Gasteiger partial charge in [-0.05, 0) is 52.0 Å². The van der Waals surface area contributed by atoms with Gasteiger partial charge in [0.2, 0.25) is 0 Å². The number of aliphatic carboxylic acids is 1. The largest absolute Gasteiger partial charge is 0.481 e. The quantitative estimate of drug-likeness (QED) is 0.920. The zero-order valence-electron chi connectivity index (χ0n) is 14.9. The molecule has 2 aromatic rings. The van der Waals surface area contributed by atoms with Gasteiger partial charge < -0.3 is 10.0 Å². The molecule has 2 aromatic heterocycles. The molecular weight excluding hydrogens is 320 g/mol. The Hall–Kier alpha value is -2.44. The predicted octanol–water partition coefficient (Wildman–Crippen LogP) is 2.37. The van der Waals surface area contributed by atoms with Crippen molar-refractivity contribution in [2.75, 3.05) is 13.1 Å². The first-order chi connectivity index (χ1) is 11.9. The van der Waals surface area contributed by atoms with Crippen LogP contribution in [0.3, 0.4) is 0 Å². The molecule has 1 fully saturated rings. The van der Waals surface area contributed by atoms with Crippen molar-refractivity contribution in [3.63, 3.8) is 0 Å². The van der Waals surface area contributed by atoms with Gasteiger partial charge in [-0.15, -0.1) is 0 Å². The molecule has 1 saturated heterocycles. The van der Waals surface area contributed by atoms with Gasteiger partial charge in [0.1, 0.15) is 5.56 Å². The second-order valence-electron chi connectivity index (χ2n) is 6.93. The first kappa shape index (κ1) is 17.4. The number of aryl methyl sites for hydroxylation is 3. The van der Waals surface area contributed by atoms with E-state index < -0.39 is 5.97 Å². The third-order valence-corrected chi connectivity index (χ3v) is 4.86. The molecule has 0 saturated carbocycles. The minimum absolute atomic E-state index is 0.0509. The Morgan fingerprint density at radius 1 is 1.32 bits per heavy atom. The molecule has 1 aliphatic heterocycles. The number of carboxylic acid groups (broad SMARTS) is 1. The van der Waals surface area contributed by atoms with Crippen LogP contribution >= 0.6 is 0 Å². The fourth-order valence-electron chi connectivity index (χ4n) is 3.65. The van der Waals surface area contributed by atoms with Crippen LogP contribution in [-0.4, -0.2) is 49.6 Å². The first-order valence-corrected chi connectivity index (χ1v) is 8.71. The predicted molar refractivity (Wildman–Crippen MR) is 92.7 cm³/mol. The summed E-state index contributed by atoms with van der Waals surface area (Å²) in [7, 11) is 0. The van der Waals surface area contributed by atoms with Crippen LogP contribution in [0, 0.1) is 26.7 Å². The third-order valence-electron chi connectivity index (χ3n) is 4.86. The minimum atomic E-state index is -0.780. The van der Waals surface area contributed by atoms with E-state index >= 15 is 0 Å². The lowest BCUT2D eigenvalue weighted by Gasteiger charge is -2.32. The van der Waals surface area contributed by atoms with Crippen molar-refractivity contribution >= 4 is 17.5 Å². The normalized spacial score (nSPS) is 17.9. The molecule has 3 rings (SSSR count). The molecule has 25 heavy (non-hydrogen) atoms. The Bertz CT molecular complexity index is 827. The van der Waals surface area contributed by atoms with Crippen LogP contribution in [0.4, 0.5) is 0 Å². The summed E-state index contributed by atoms with van der Waals surface area (Å²) in [6, 6.07) is 1.94. The van der Waals surface area contributed by atoms with Crippen molar-refractivity contribution in [2.24, 2.45) is 5.92 Å². The van der Waals surface area contributed by atoms with Gasteiger partial charge in [-0.3, -0.25) is 9.59 Å². The van der Waals surface area contributed by atoms with E-state index in [9.17, 15) is 9.59 Å². The van der Waals surface area contributed by atoms with Crippen molar-refractivity contribution < 1.29 is 14.7 Å². The van der Waals surface area contributed by atoms with E-state index in [1.807, 2.05) is 31.7 Å². The molecular formula is C18H24N4O3. The van der Waals surface area contributed by atoms with E-state index in [-0.39, 0.29) is 18.2 Å². The molecule has 1 aliphatic rings. The smallest absolute Gasteiger partial charge is 0.303 e. The van der Waals surface area contributed by atoms with Crippen LogP contribution in [0.25, 0.3) is 5.65 Å². The van der Waals surface area contributed by atoms with Gasteiger partial charge >= 0.3 is 5.97 Å². The van der Waals surface area contributed by atoms with Crippen molar-refractivity contribution in [2.45, 2.75) is 46.5 Å². The second kappa shape index (κ2) is 6.82. The van der Waals surface area contributed by atoms with Crippen molar-refractivity contribution in [3.05, 3.63) is 28.7 Å². The van der Waals surface area contributed by atoms with Crippen LogP contribution in [0.5, 0.6) is 0 Å². The summed E-state index contributed by atoms with van der Waals surface area (Å²) in [5, 5.41) is 13.4. The maximum Gasteiger partial charge on any atom is 0.303 e. The zero-order valence-corrected chi connectivity index (χ0v) is 14.9. The SMILES string of the molecule is Cc1cc(C)n2nc(C)c(C(=O)N3CCC[C@@H](CCC(=O)O)C3)c2n1. The zero-order chi connectivity index (χ0) is 18.1. The Morgan fingerprint density at radius 3 is 2.80 bits per heavy atom. The molecule has 3 heterocycles. The topological polar surface area (TPSA) is 87.8 Å². The molecule has 1 amide bonds. The van der Waals surface area contributed by atoms with E-state index in [1.165, 1.54) is 0 Å². The molecule has 0 radical (unpaired) electrons. The lowest BCUT2D eigenvalue weighted by molar-refractivity contribution is -0.137. The molecule has 1 atom stereocenters. The second-order valence-corrected chi connectivity index (χ2v) is 6.93. The summed E-state index contributed by atoms with van der Waals surface area (Å²) in [5.74, 6) is -0.588. The highest BCUT2D eigenvalue weighted by atomic mass is 16.4. The lowest BCUT2D eigenvalue weighted by Crippen LogP contribution is -2.40. The maximum atomic E-state index is 13.1. The molecule has 7 nitrogen and oxygen atoms in total. The number of fused-ring (bicyclic) bond motifs is 1. The van der Waals surface area contributed by atoms with Crippen molar-refractivity contribution in [3.8, 4) is 0 Å². The Kier molecular flexibility index (Phi) is 4.74. The molecule has 1 N–H and O–H groups in total. The van der Waals surface area contributed by atoms with E-state index in [0.717, 1.165) is 24.2 Å². The van der Waals surface area contributed by atoms with Crippen LogP contribution in [0.15, 0.2) is 6.07 Å². The number of aromatic nitrogens is 3. The minimum Gasteiger partial charge on any atom is -0.481 e. The number of carbonyl (C=O) groups is 2. The summed E-state index contributed by atoms with van der Waals surface area (Å²) < 4.78 is 1.72. The maximum absolute atomic E-state index is 13.1. The van der Waals surface area contributed by atoms with Crippen LogP contribution in [0.2, 0.25) is 0 Å². The molecule has 0 aromatic carbocycles. The van der Waals surface area contributed by atoms with E-state index in [2.05, 4.69) is 10.1 Å². The summed E-state index contributed by atoms with van der Waals surface area (Å²) in [6.07, 6.45) is 2.65. The molecule has 7 heteroatoms. The van der Waals surface area contributed by atoms with Gasteiger partial charge in [0, 0.05) is 30.9 Å². The van der Waals surface area contributed by atoms with Crippen LogP contribution in [0.1, 0.15) is 53.1 Å². The molecule has 0 bridgehead atoms. The Labute approximate surface area is 146 Å². The number of rotatable bonds is 4. The average molecular weight is 344 g/mol. The third kappa shape index (κ3) is 3.50. The number of amides is 1. The lowest BCUT2D eigenvalue weighted by atomic mass is 9.93. The highest BCUT2D eigenvalue weighted by molar-refractivity contribution is 6.01. The monoisotopic (exact) mass is 344 g/mol. The fraction of sp³-hybridized carbons (Fsp3) is 0.556. The van der Waals surface area contributed by atoms with Gasteiger partial charge in [-0.1, -0.05) is 0 Å². The van der Waals surface area contributed by atoms with Crippen molar-refractivity contribution in [1.29, 1.82) is 0 Å². The molecule has 0 spiro atoms. The number of hydrogen-bond acceptors (Lipinski definition) is 4. The van der Waals surface area contributed by atoms with Gasteiger partial charge in [-0.25, -0.2) is 9.50 Å². The van der Waals surface area contributed by atoms with Crippen LogP contribution in [-0.2, 0) is 4.79 Å². The number of piperidine rings is 1. The summed E-state index contributed by atoms with van der Waals surface area (Å²) in [5.41, 5.74) is 3.65. The van der Waals surface area contributed by atoms with Gasteiger partial charge in [-0.2, -0.15) is 5.10 Å². The number of carboxylic acids is 1. The van der Waals surface area contributed by atoms with Crippen molar-refractivity contribution in [1.82, 2.24) is 19.5 Å². The van der Waals surface area contributed by atoms with E-state index in [1.54, 1.807) is 4.52 Å². The van der Waals surface area contributed by atoms with E-state index in [0.29, 0.717) is 36.4 Å². The van der Waals surface area contributed by atoms with Gasteiger partial charge in [0.05, 0.1) is 5.69 Å². The number of likely N-dealkylation sites (tertiary alicyclic amines) is 1. The number of nitrogens with zero attached hydrogens (tertiary/aromatic N) is 4. The van der Waals surface area contributed by atoms with Crippen LogP contribution < -0.4 is 0 Å². The number of hydrogen-bond donors (Lipinski definition) is 1. The first-order valence-electron chi connectivity index (χ1n) is 8.71. The summed E-state index contributed by atoms with van der Waals surface area (Å²) in [4.78, 5) is 30.3. The standard InChI is InChI=1S/C18H24N4O3/c1-11-9-12(2)22-17(19-11)16(13(3)20-22)18(25)21-8-4-5-14(10-21)6-7-15(23)24/h9,14H,4-8,10H2,1-3H3,(H,23,24)/t14-/m0/s1. The Balaban J connectivity index is 1.86. The summed E-state index contributed by atoms with van der Waals surface area (Å²) >= 11 is 0. The fourth-order valence-corrected chi connectivity index (χ4v) is 3.65. The molecule has 0 aliphatic carbocycles. The summed E-state index contributed by atoms with van der Waals surface area (Å²) in [6.45, 7) is 7.00.